The van der Waals surface area contributed by atoms with Crippen LogP contribution in [-0.2, 0) is 9.22 Å². The summed E-state index contributed by atoms with van der Waals surface area (Å²) in [7, 11) is -1.45. The highest BCUT2D eigenvalue weighted by Crippen LogP contribution is 2.10. The standard InChI is InChI=1S/C23H47NO2Si/c1-5-6-7-8-9-10-11-12-13-14-15-16-17-18-19-20-23(25)24-21-22-26-27(2,3)4/h12-13H,5-11,14-22H2,1-4H3,(H,24,25)/b13-12-. The zero-order chi connectivity index (χ0) is 20.2. The first kappa shape index (κ1) is 26.4. The van der Waals surface area contributed by atoms with E-state index < -0.39 is 8.32 Å². The Morgan fingerprint density at radius 1 is 0.815 bits per heavy atom. The van der Waals surface area contributed by atoms with Crippen molar-refractivity contribution in [3.63, 3.8) is 0 Å². The Labute approximate surface area is 170 Å². The Morgan fingerprint density at radius 2 is 1.33 bits per heavy atom. The molecular weight excluding hydrogens is 350 g/mol. The first-order chi connectivity index (χ1) is 13.0. The van der Waals surface area contributed by atoms with Crippen molar-refractivity contribution in [2.24, 2.45) is 0 Å². The minimum Gasteiger partial charge on any atom is -0.416 e. The highest BCUT2D eigenvalue weighted by Gasteiger charge is 2.13. The molecule has 3 nitrogen and oxygen atoms in total. The maximum Gasteiger partial charge on any atom is 0.220 e. The van der Waals surface area contributed by atoms with Gasteiger partial charge >= 0.3 is 0 Å². The molecule has 1 N–H and O–H groups in total. The Hall–Kier alpha value is -0.613. The molecule has 4 heteroatoms. The third kappa shape index (κ3) is 23.3. The van der Waals surface area contributed by atoms with Crippen molar-refractivity contribution in [1.29, 1.82) is 0 Å². The molecule has 0 saturated heterocycles. The predicted octanol–water partition coefficient (Wildman–Crippen LogP) is 6.99. The highest BCUT2D eigenvalue weighted by molar-refractivity contribution is 6.69. The fraction of sp³-hybridized carbons (Fsp3) is 0.870. The second kappa shape index (κ2) is 18.7. The molecule has 160 valence electrons. The van der Waals surface area contributed by atoms with Crippen LogP contribution in [0.3, 0.4) is 0 Å². The van der Waals surface area contributed by atoms with Gasteiger partial charge in [-0.3, -0.25) is 4.79 Å². The van der Waals surface area contributed by atoms with E-state index in [2.05, 4.69) is 44.0 Å². The first-order valence-electron chi connectivity index (χ1n) is 11.5. The monoisotopic (exact) mass is 397 g/mol. The molecule has 0 fully saturated rings. The lowest BCUT2D eigenvalue weighted by atomic mass is 10.1. The molecule has 0 atom stereocenters. The van der Waals surface area contributed by atoms with E-state index >= 15 is 0 Å². The summed E-state index contributed by atoms with van der Waals surface area (Å²) >= 11 is 0. The quantitative estimate of drug-likeness (QED) is 0.145. The lowest BCUT2D eigenvalue weighted by molar-refractivity contribution is -0.121. The van der Waals surface area contributed by atoms with Gasteiger partial charge in [0.05, 0.1) is 6.61 Å². The van der Waals surface area contributed by atoms with Crippen LogP contribution < -0.4 is 5.32 Å². The number of carbonyl (C=O) groups excluding carboxylic acids is 1. The topological polar surface area (TPSA) is 38.3 Å². The SMILES string of the molecule is CCCCCCCC/C=C\CCCCCCCC(=O)NCCO[Si](C)(C)C. The maximum atomic E-state index is 11.7. The number of hydrogen-bond acceptors (Lipinski definition) is 2. The van der Waals surface area contributed by atoms with Crippen molar-refractivity contribution >= 4 is 14.2 Å². The minimum atomic E-state index is -1.45. The molecule has 0 aliphatic rings. The Kier molecular flexibility index (Phi) is 18.3. The van der Waals surface area contributed by atoms with Gasteiger partial charge in [-0.15, -0.1) is 0 Å². The van der Waals surface area contributed by atoms with E-state index in [9.17, 15) is 4.79 Å². The van der Waals surface area contributed by atoms with Crippen LogP contribution in [0.1, 0.15) is 96.8 Å². The number of nitrogens with one attached hydrogen (secondary N) is 1. The van der Waals surface area contributed by atoms with Crippen molar-refractivity contribution in [2.45, 2.75) is 116 Å². The predicted molar refractivity (Wildman–Crippen MR) is 122 cm³/mol. The van der Waals surface area contributed by atoms with E-state index in [0.29, 0.717) is 19.6 Å². The van der Waals surface area contributed by atoms with Crippen molar-refractivity contribution in [3.05, 3.63) is 12.2 Å². The number of carbonyl (C=O) groups is 1. The van der Waals surface area contributed by atoms with Crippen LogP contribution in [0.4, 0.5) is 0 Å². The van der Waals surface area contributed by atoms with Crippen LogP contribution in [-0.4, -0.2) is 27.4 Å². The Bertz CT molecular complexity index is 364. The lowest BCUT2D eigenvalue weighted by Gasteiger charge is -2.17. The number of rotatable bonds is 19. The summed E-state index contributed by atoms with van der Waals surface area (Å²) in [4.78, 5) is 11.7. The molecule has 0 radical (unpaired) electrons. The van der Waals surface area contributed by atoms with E-state index in [-0.39, 0.29) is 5.91 Å². The van der Waals surface area contributed by atoms with Gasteiger partial charge in [-0.25, -0.2) is 0 Å². The van der Waals surface area contributed by atoms with Gasteiger partial charge in [-0.2, -0.15) is 0 Å². The van der Waals surface area contributed by atoms with E-state index in [1.807, 2.05) is 0 Å². The molecular formula is C23H47NO2Si. The summed E-state index contributed by atoms with van der Waals surface area (Å²) in [5.41, 5.74) is 0. The molecule has 0 spiro atoms. The molecule has 0 aromatic carbocycles. The van der Waals surface area contributed by atoms with Gasteiger partial charge in [-0.1, -0.05) is 70.4 Å². The van der Waals surface area contributed by atoms with E-state index in [1.165, 1.54) is 77.0 Å². The normalized spacial score (nSPS) is 12.0. The van der Waals surface area contributed by atoms with Gasteiger partial charge < -0.3 is 9.74 Å². The van der Waals surface area contributed by atoms with Gasteiger partial charge in [0.1, 0.15) is 0 Å². The molecule has 0 bridgehead atoms. The van der Waals surface area contributed by atoms with E-state index in [4.69, 9.17) is 4.43 Å². The summed E-state index contributed by atoms with van der Waals surface area (Å²) in [5, 5.41) is 2.95. The molecule has 0 aromatic rings. The van der Waals surface area contributed by atoms with Crippen molar-refractivity contribution < 1.29 is 9.22 Å². The molecule has 0 saturated carbocycles. The largest absolute Gasteiger partial charge is 0.416 e. The van der Waals surface area contributed by atoms with Crippen LogP contribution in [0.15, 0.2) is 12.2 Å². The molecule has 27 heavy (non-hydrogen) atoms. The second-order valence-electron chi connectivity index (χ2n) is 8.65. The maximum absolute atomic E-state index is 11.7. The van der Waals surface area contributed by atoms with Crippen LogP contribution >= 0.6 is 0 Å². The fourth-order valence-electron chi connectivity index (χ4n) is 2.99. The van der Waals surface area contributed by atoms with E-state index in [0.717, 1.165) is 6.42 Å². The van der Waals surface area contributed by atoms with Gasteiger partial charge in [0, 0.05) is 13.0 Å². The summed E-state index contributed by atoms with van der Waals surface area (Å²) in [5.74, 6) is 0.173. The van der Waals surface area contributed by atoms with Crippen LogP contribution in [0.2, 0.25) is 19.6 Å². The summed E-state index contributed by atoms with van der Waals surface area (Å²) < 4.78 is 5.73. The van der Waals surface area contributed by atoms with Gasteiger partial charge in [0.15, 0.2) is 8.32 Å². The zero-order valence-corrected chi connectivity index (χ0v) is 19.8. The summed E-state index contributed by atoms with van der Waals surface area (Å²) in [6.07, 6.45) is 22.2. The second-order valence-corrected chi connectivity index (χ2v) is 13.2. The number of amides is 1. The first-order valence-corrected chi connectivity index (χ1v) is 14.9. The minimum absolute atomic E-state index is 0.173. The summed E-state index contributed by atoms with van der Waals surface area (Å²) in [6, 6.07) is 0. The fourth-order valence-corrected chi connectivity index (χ4v) is 3.71. The van der Waals surface area contributed by atoms with Gasteiger partial charge in [-0.05, 0) is 51.7 Å². The van der Waals surface area contributed by atoms with Crippen molar-refractivity contribution in [3.8, 4) is 0 Å². The molecule has 0 aliphatic heterocycles. The van der Waals surface area contributed by atoms with Crippen LogP contribution in [0.25, 0.3) is 0 Å². The number of allylic oxidation sites excluding steroid dienone is 2. The third-order valence-corrected chi connectivity index (χ3v) is 5.70. The van der Waals surface area contributed by atoms with Crippen molar-refractivity contribution in [2.75, 3.05) is 13.2 Å². The highest BCUT2D eigenvalue weighted by atomic mass is 28.4. The van der Waals surface area contributed by atoms with Crippen LogP contribution in [0, 0.1) is 0 Å². The average molecular weight is 398 g/mol. The smallest absolute Gasteiger partial charge is 0.220 e. The molecule has 0 rings (SSSR count). The molecule has 1 amide bonds. The van der Waals surface area contributed by atoms with E-state index in [1.54, 1.807) is 0 Å². The van der Waals surface area contributed by atoms with Crippen molar-refractivity contribution in [1.82, 2.24) is 5.32 Å². The number of hydrogen-bond donors (Lipinski definition) is 1. The van der Waals surface area contributed by atoms with Crippen LogP contribution in [0.5, 0.6) is 0 Å². The lowest BCUT2D eigenvalue weighted by Crippen LogP contribution is -2.32. The molecule has 0 aliphatic carbocycles. The Balaban J connectivity index is 3.26. The average Bonchev–Trinajstić information content (AvgIpc) is 2.61. The zero-order valence-electron chi connectivity index (χ0n) is 18.8. The van der Waals surface area contributed by atoms with Gasteiger partial charge in [0.2, 0.25) is 5.91 Å². The Morgan fingerprint density at radius 3 is 1.89 bits per heavy atom. The molecule has 0 heterocycles. The summed E-state index contributed by atoms with van der Waals surface area (Å²) in [6.45, 7) is 10.1. The molecule has 0 aromatic heterocycles. The van der Waals surface area contributed by atoms with Gasteiger partial charge in [0.25, 0.3) is 0 Å². The molecule has 0 unspecified atom stereocenters. The third-order valence-electron chi connectivity index (χ3n) is 4.62. The number of unbranched alkanes of at least 4 members (excludes halogenated alkanes) is 11.